The molecule has 0 amide bonds. The van der Waals surface area contributed by atoms with Crippen LogP contribution in [0, 0.1) is 53.3 Å². The first-order valence-corrected chi connectivity index (χ1v) is 26.7. The number of rotatable bonds is 27. The second kappa shape index (κ2) is 30.5. The van der Waals surface area contributed by atoms with Crippen LogP contribution in [0.4, 0.5) is 0 Å². The van der Waals surface area contributed by atoms with Gasteiger partial charge >= 0.3 is 17.4 Å². The van der Waals surface area contributed by atoms with Gasteiger partial charge < -0.3 is 20.8 Å². The molecular formula is C63H105Cr. The van der Waals surface area contributed by atoms with Gasteiger partial charge in [-0.05, 0) is 108 Å². The van der Waals surface area contributed by atoms with Gasteiger partial charge in [-0.2, -0.15) is 16.2 Å². The quantitative estimate of drug-likeness (QED) is 0.0669. The third-order valence-electron chi connectivity index (χ3n) is 18.6. The molecule has 363 valence electrons. The maximum Gasteiger partial charge on any atom is 3.00 e. The first kappa shape index (κ1) is 62.2. The van der Waals surface area contributed by atoms with E-state index in [1.807, 2.05) is 0 Å². The summed E-state index contributed by atoms with van der Waals surface area (Å²) in [7, 11) is 0. The molecule has 3 aromatic rings. The van der Waals surface area contributed by atoms with Crippen molar-refractivity contribution >= 4 is 0 Å². The van der Waals surface area contributed by atoms with Gasteiger partial charge in [-0.3, -0.25) is 0 Å². The van der Waals surface area contributed by atoms with Crippen molar-refractivity contribution in [3.8, 4) is 0 Å². The molecule has 1 heteroatoms. The molecule has 64 heavy (non-hydrogen) atoms. The summed E-state index contributed by atoms with van der Waals surface area (Å²) < 4.78 is 0. The largest absolute Gasteiger partial charge is 3.00 e. The molecule has 3 unspecified atom stereocenters. The Morgan fingerprint density at radius 2 is 0.438 bits per heavy atom. The average molecular weight is 915 g/mol. The minimum atomic E-state index is 0. The summed E-state index contributed by atoms with van der Waals surface area (Å²) in [5.74, 6) is 1.86. The molecule has 0 N–H and O–H groups in total. The van der Waals surface area contributed by atoms with Crippen molar-refractivity contribution in [2.75, 3.05) is 0 Å². The van der Waals surface area contributed by atoms with E-state index >= 15 is 0 Å². The molecule has 0 nitrogen and oxygen atoms in total. The predicted octanol–water partition coefficient (Wildman–Crippen LogP) is 21.0. The van der Waals surface area contributed by atoms with E-state index in [0.29, 0.717) is 34.0 Å². The van der Waals surface area contributed by atoms with Crippen LogP contribution in [0.25, 0.3) is 0 Å². The van der Waals surface area contributed by atoms with Gasteiger partial charge in [-0.15, -0.1) is 0 Å². The van der Waals surface area contributed by atoms with Crippen LogP contribution in [0.3, 0.4) is 0 Å². The van der Waals surface area contributed by atoms with Crippen LogP contribution in [0.1, 0.15) is 254 Å². The standard InChI is InChI=1S/3C21H35.Cr/c3*1-7-20(6,8-2)17-19(18-15-13-12-14-16-18)21(9-3,10-4)11-5;/h3*12-16,19H,6-11,17H2,1-5H3;/q3*-1;+3. The smallest absolute Gasteiger partial charge is 0.337 e. The molecule has 0 saturated heterocycles. The van der Waals surface area contributed by atoms with Gasteiger partial charge in [0.25, 0.3) is 0 Å². The Labute approximate surface area is 413 Å². The molecule has 1 radical (unpaired) electrons. The number of benzene rings is 3. The minimum Gasteiger partial charge on any atom is -0.337 e. The molecule has 0 saturated carbocycles. The van der Waals surface area contributed by atoms with Crippen LogP contribution in [-0.2, 0) is 17.4 Å². The second-order valence-electron chi connectivity index (χ2n) is 20.4. The maximum absolute atomic E-state index is 4.59. The number of hydrogen-bond donors (Lipinski definition) is 0. The van der Waals surface area contributed by atoms with Crippen LogP contribution in [-0.4, -0.2) is 0 Å². The summed E-state index contributed by atoms with van der Waals surface area (Å²) in [6.45, 7) is 48.8. The molecule has 0 aliphatic rings. The first-order chi connectivity index (χ1) is 30.0. The van der Waals surface area contributed by atoms with Crippen molar-refractivity contribution in [1.82, 2.24) is 0 Å². The Bertz CT molecular complexity index is 1320. The predicted molar refractivity (Wildman–Crippen MR) is 286 cm³/mol. The molecule has 0 aromatic heterocycles. The molecule has 3 aromatic carbocycles. The number of hydrogen-bond acceptors (Lipinski definition) is 0. The molecule has 0 heterocycles. The van der Waals surface area contributed by atoms with Gasteiger partial charge in [0.1, 0.15) is 0 Å². The molecule has 0 bridgehead atoms. The fourth-order valence-electron chi connectivity index (χ4n) is 11.5. The van der Waals surface area contributed by atoms with Gasteiger partial charge in [-0.25, -0.2) is 0 Å². The van der Waals surface area contributed by atoms with Gasteiger partial charge in [0.05, 0.1) is 0 Å². The summed E-state index contributed by atoms with van der Waals surface area (Å²) in [6.07, 6.45) is 21.9. The normalized spacial score (nSPS) is 14.0. The Balaban J connectivity index is 0.000000923. The van der Waals surface area contributed by atoms with Crippen molar-refractivity contribution in [3.63, 3.8) is 0 Å². The van der Waals surface area contributed by atoms with E-state index in [4.69, 9.17) is 0 Å². The van der Waals surface area contributed by atoms with Gasteiger partial charge in [0.15, 0.2) is 0 Å². The van der Waals surface area contributed by atoms with E-state index in [0.717, 1.165) is 0 Å². The Morgan fingerprint density at radius 3 is 0.562 bits per heavy atom. The van der Waals surface area contributed by atoms with Crippen LogP contribution in [0.2, 0.25) is 0 Å². The Kier molecular flexibility index (Phi) is 29.7. The third kappa shape index (κ3) is 16.8. The zero-order valence-corrected chi connectivity index (χ0v) is 46.4. The fourth-order valence-corrected chi connectivity index (χ4v) is 11.5. The fraction of sp³-hybridized carbons (Fsp3) is 0.667. The van der Waals surface area contributed by atoms with Gasteiger partial charge in [0.2, 0.25) is 0 Å². The van der Waals surface area contributed by atoms with Crippen LogP contribution in [0.5, 0.6) is 0 Å². The molecule has 0 spiro atoms. The van der Waals surface area contributed by atoms with E-state index in [1.165, 1.54) is 132 Å². The van der Waals surface area contributed by atoms with Crippen molar-refractivity contribution in [2.45, 2.75) is 237 Å². The second-order valence-corrected chi connectivity index (χ2v) is 20.4. The van der Waals surface area contributed by atoms with Crippen LogP contribution < -0.4 is 0 Å². The Hall–Kier alpha value is -1.81. The van der Waals surface area contributed by atoms with E-state index in [-0.39, 0.29) is 33.6 Å². The average Bonchev–Trinajstić information content (AvgIpc) is 3.35. The monoisotopic (exact) mass is 914 g/mol. The molecule has 0 aliphatic carbocycles. The van der Waals surface area contributed by atoms with Crippen molar-refractivity contribution < 1.29 is 17.4 Å². The summed E-state index contributed by atoms with van der Waals surface area (Å²) in [4.78, 5) is 0. The van der Waals surface area contributed by atoms with E-state index in [1.54, 1.807) is 0 Å². The summed E-state index contributed by atoms with van der Waals surface area (Å²) >= 11 is 0. The molecular weight excluding hydrogens is 809 g/mol. The van der Waals surface area contributed by atoms with Crippen LogP contribution >= 0.6 is 0 Å². The maximum atomic E-state index is 4.59. The van der Waals surface area contributed by atoms with Crippen LogP contribution in [0.15, 0.2) is 91.0 Å². The molecule has 3 rings (SSSR count). The Morgan fingerprint density at radius 1 is 0.281 bits per heavy atom. The third-order valence-corrected chi connectivity index (χ3v) is 18.6. The van der Waals surface area contributed by atoms with Crippen molar-refractivity contribution in [2.24, 2.45) is 32.5 Å². The molecule has 0 aliphatic heterocycles. The van der Waals surface area contributed by atoms with E-state index in [9.17, 15) is 0 Å². The first-order valence-electron chi connectivity index (χ1n) is 26.7. The summed E-state index contributed by atoms with van der Waals surface area (Å²) in [5.41, 5.74) is 6.41. The van der Waals surface area contributed by atoms with Gasteiger partial charge in [-0.1, -0.05) is 253 Å². The summed E-state index contributed by atoms with van der Waals surface area (Å²) in [5, 5.41) is 0. The topological polar surface area (TPSA) is 0 Å². The summed E-state index contributed by atoms with van der Waals surface area (Å²) in [6, 6.07) is 33.5. The zero-order valence-electron chi connectivity index (χ0n) is 45.1. The van der Waals surface area contributed by atoms with Crippen molar-refractivity contribution in [3.05, 3.63) is 128 Å². The van der Waals surface area contributed by atoms with Gasteiger partial charge in [0, 0.05) is 0 Å². The van der Waals surface area contributed by atoms with E-state index in [2.05, 4.69) is 216 Å². The van der Waals surface area contributed by atoms with Crippen molar-refractivity contribution in [1.29, 1.82) is 0 Å². The zero-order chi connectivity index (χ0) is 47.8. The van der Waals surface area contributed by atoms with E-state index < -0.39 is 0 Å². The molecule has 3 atom stereocenters. The minimum absolute atomic E-state index is 0. The molecule has 0 fully saturated rings. The SMILES string of the molecule is [CH2-]C(CC)(CC)CC(c1ccccc1)C(CC)(CC)CC.[CH2-]C(CC)(CC)CC(c1ccccc1)C(CC)(CC)CC.[CH2-]C(CC)(CC)CC(c1ccccc1)C(CC)(CC)CC.[Cr+3].